The van der Waals surface area contributed by atoms with Gasteiger partial charge in [0.15, 0.2) is 0 Å². The minimum atomic E-state index is -0.00435. The number of aromatic nitrogens is 4. The summed E-state index contributed by atoms with van der Waals surface area (Å²) in [6.45, 7) is 6.47. The van der Waals surface area contributed by atoms with E-state index in [9.17, 15) is 4.79 Å². The minimum Gasteiger partial charge on any atom is -0.294 e. The van der Waals surface area contributed by atoms with E-state index in [4.69, 9.17) is 0 Å². The smallest absolute Gasteiger partial charge is 0.261 e. The quantitative estimate of drug-likeness (QED) is 0.802. The van der Waals surface area contributed by atoms with Crippen LogP contribution in [-0.2, 0) is 13.0 Å². The highest BCUT2D eigenvalue weighted by molar-refractivity contribution is 5.78. The summed E-state index contributed by atoms with van der Waals surface area (Å²) < 4.78 is 1.65. The topological polar surface area (TPSA) is 63.6 Å². The van der Waals surface area contributed by atoms with Crippen LogP contribution < -0.4 is 5.56 Å². The molecule has 0 amide bonds. The van der Waals surface area contributed by atoms with Crippen LogP contribution in [0.15, 0.2) is 29.3 Å². The van der Waals surface area contributed by atoms with Crippen molar-refractivity contribution in [3.05, 3.63) is 57.4 Å². The van der Waals surface area contributed by atoms with Gasteiger partial charge in [0.2, 0.25) is 0 Å². The Labute approximate surface area is 122 Å². The normalized spacial score (nSPS) is 11.2. The van der Waals surface area contributed by atoms with Gasteiger partial charge in [0.05, 0.1) is 29.5 Å². The number of aryl methyl sites for hydroxylation is 3. The molecule has 0 aliphatic heterocycles. The third kappa shape index (κ3) is 2.35. The number of nitrogens with one attached hydrogen (secondary N) is 1. The van der Waals surface area contributed by atoms with Crippen molar-refractivity contribution in [2.24, 2.45) is 0 Å². The lowest BCUT2D eigenvalue weighted by Crippen LogP contribution is -2.21. The molecule has 21 heavy (non-hydrogen) atoms. The van der Waals surface area contributed by atoms with Gasteiger partial charge in [-0.15, -0.1) is 0 Å². The van der Waals surface area contributed by atoms with Crippen molar-refractivity contribution in [2.45, 2.75) is 33.7 Å². The molecule has 0 unspecified atom stereocenters. The zero-order chi connectivity index (χ0) is 15.0. The number of fused-ring (bicyclic) bond motifs is 1. The molecule has 0 saturated carbocycles. The molecule has 0 spiro atoms. The molecule has 1 N–H and O–H groups in total. The van der Waals surface area contributed by atoms with E-state index in [1.54, 1.807) is 10.9 Å². The molecule has 5 heteroatoms. The Morgan fingerprint density at radius 1 is 1.29 bits per heavy atom. The van der Waals surface area contributed by atoms with Gasteiger partial charge in [0.25, 0.3) is 5.56 Å². The molecule has 2 aromatic heterocycles. The molecular formula is C16H18N4O. The lowest BCUT2D eigenvalue weighted by atomic mass is 10.1. The third-order valence-electron chi connectivity index (χ3n) is 3.91. The standard InChI is InChI=1S/C16H18N4O/c1-4-12-5-6-15-13(7-12)16(21)20(9-17-15)8-14-10(2)18-19-11(14)3/h5-7,9H,4,8H2,1-3H3,(H,18,19). The van der Waals surface area contributed by atoms with E-state index in [1.165, 1.54) is 0 Å². The van der Waals surface area contributed by atoms with Crippen molar-refractivity contribution >= 4 is 10.9 Å². The second-order valence-electron chi connectivity index (χ2n) is 5.30. The Balaban J connectivity index is 2.11. The number of benzene rings is 1. The lowest BCUT2D eigenvalue weighted by molar-refractivity contribution is 0.741. The van der Waals surface area contributed by atoms with Crippen molar-refractivity contribution in [1.82, 2.24) is 19.7 Å². The molecule has 0 bridgehead atoms. The Hall–Kier alpha value is -2.43. The number of aromatic amines is 1. The number of hydrogen-bond donors (Lipinski definition) is 1. The van der Waals surface area contributed by atoms with Crippen LogP contribution in [0.4, 0.5) is 0 Å². The highest BCUT2D eigenvalue weighted by atomic mass is 16.1. The van der Waals surface area contributed by atoms with E-state index in [0.717, 1.165) is 34.5 Å². The van der Waals surface area contributed by atoms with Crippen molar-refractivity contribution in [3.63, 3.8) is 0 Å². The van der Waals surface area contributed by atoms with Crippen LogP contribution in [0.5, 0.6) is 0 Å². The van der Waals surface area contributed by atoms with Crippen molar-refractivity contribution in [3.8, 4) is 0 Å². The van der Waals surface area contributed by atoms with Crippen LogP contribution >= 0.6 is 0 Å². The van der Waals surface area contributed by atoms with E-state index >= 15 is 0 Å². The van der Waals surface area contributed by atoms with Crippen LogP contribution in [0.3, 0.4) is 0 Å². The summed E-state index contributed by atoms with van der Waals surface area (Å²) in [5, 5.41) is 7.79. The molecule has 0 saturated heterocycles. The van der Waals surface area contributed by atoms with Crippen molar-refractivity contribution < 1.29 is 0 Å². The maximum atomic E-state index is 12.6. The average molecular weight is 282 g/mol. The van der Waals surface area contributed by atoms with Crippen LogP contribution in [-0.4, -0.2) is 19.7 Å². The van der Waals surface area contributed by atoms with Gasteiger partial charge in [-0.05, 0) is 38.0 Å². The molecule has 3 aromatic rings. The monoisotopic (exact) mass is 282 g/mol. The van der Waals surface area contributed by atoms with Crippen LogP contribution in [0, 0.1) is 13.8 Å². The largest absolute Gasteiger partial charge is 0.294 e. The van der Waals surface area contributed by atoms with Crippen molar-refractivity contribution in [2.75, 3.05) is 0 Å². The Kier molecular flexibility index (Phi) is 3.33. The first-order valence-electron chi connectivity index (χ1n) is 7.08. The summed E-state index contributed by atoms with van der Waals surface area (Å²) in [7, 11) is 0. The summed E-state index contributed by atoms with van der Waals surface area (Å²) >= 11 is 0. The minimum absolute atomic E-state index is 0.00435. The molecule has 0 atom stereocenters. The van der Waals surface area contributed by atoms with Gasteiger partial charge in [-0.2, -0.15) is 5.10 Å². The fraction of sp³-hybridized carbons (Fsp3) is 0.312. The summed E-state index contributed by atoms with van der Waals surface area (Å²) in [4.78, 5) is 17.0. The fourth-order valence-corrected chi connectivity index (χ4v) is 2.52. The van der Waals surface area contributed by atoms with Crippen LogP contribution in [0.2, 0.25) is 0 Å². The molecule has 0 aliphatic carbocycles. The number of hydrogen-bond acceptors (Lipinski definition) is 3. The number of nitrogens with zero attached hydrogens (tertiary/aromatic N) is 3. The molecule has 1 aromatic carbocycles. The molecule has 108 valence electrons. The zero-order valence-corrected chi connectivity index (χ0v) is 12.5. The Morgan fingerprint density at radius 3 is 2.76 bits per heavy atom. The first-order chi connectivity index (χ1) is 10.1. The van der Waals surface area contributed by atoms with Gasteiger partial charge in [-0.3, -0.25) is 14.5 Å². The van der Waals surface area contributed by atoms with Crippen molar-refractivity contribution in [1.29, 1.82) is 0 Å². The van der Waals surface area contributed by atoms with E-state index in [-0.39, 0.29) is 5.56 Å². The van der Waals surface area contributed by atoms with E-state index in [0.29, 0.717) is 11.9 Å². The average Bonchev–Trinajstić information content (AvgIpc) is 2.81. The molecule has 0 fully saturated rings. The number of rotatable bonds is 3. The first-order valence-corrected chi connectivity index (χ1v) is 7.08. The molecular weight excluding hydrogens is 264 g/mol. The maximum absolute atomic E-state index is 12.6. The van der Waals surface area contributed by atoms with Crippen LogP contribution in [0.1, 0.15) is 29.4 Å². The molecule has 0 aliphatic rings. The molecule has 2 heterocycles. The fourth-order valence-electron chi connectivity index (χ4n) is 2.52. The highest BCUT2D eigenvalue weighted by Crippen LogP contribution is 2.13. The van der Waals surface area contributed by atoms with E-state index in [2.05, 4.69) is 22.1 Å². The maximum Gasteiger partial charge on any atom is 0.261 e. The summed E-state index contributed by atoms with van der Waals surface area (Å²) in [6, 6.07) is 5.87. The Morgan fingerprint density at radius 2 is 2.10 bits per heavy atom. The molecule has 5 nitrogen and oxygen atoms in total. The van der Waals surface area contributed by atoms with Gasteiger partial charge in [0, 0.05) is 11.3 Å². The SMILES string of the molecule is CCc1ccc2ncn(Cc3c(C)n[nH]c3C)c(=O)c2c1. The zero-order valence-electron chi connectivity index (χ0n) is 12.5. The number of H-pyrrole nitrogens is 1. The van der Waals surface area contributed by atoms with E-state index in [1.807, 2.05) is 32.0 Å². The van der Waals surface area contributed by atoms with Gasteiger partial charge < -0.3 is 0 Å². The van der Waals surface area contributed by atoms with Gasteiger partial charge in [0.1, 0.15) is 0 Å². The van der Waals surface area contributed by atoms with Gasteiger partial charge in [-0.25, -0.2) is 4.98 Å². The van der Waals surface area contributed by atoms with Crippen LogP contribution in [0.25, 0.3) is 10.9 Å². The van der Waals surface area contributed by atoms with E-state index < -0.39 is 0 Å². The van der Waals surface area contributed by atoms with Gasteiger partial charge in [-0.1, -0.05) is 13.0 Å². The summed E-state index contributed by atoms with van der Waals surface area (Å²) in [5.41, 5.74) is 4.84. The summed E-state index contributed by atoms with van der Waals surface area (Å²) in [5.74, 6) is 0. The highest BCUT2D eigenvalue weighted by Gasteiger charge is 2.10. The molecule has 0 radical (unpaired) electrons. The lowest BCUT2D eigenvalue weighted by Gasteiger charge is -2.07. The predicted octanol–water partition coefficient (Wildman–Crippen LogP) is 2.35. The van der Waals surface area contributed by atoms with Gasteiger partial charge >= 0.3 is 0 Å². The third-order valence-corrected chi connectivity index (χ3v) is 3.91. The summed E-state index contributed by atoms with van der Waals surface area (Å²) in [6.07, 6.45) is 2.52. The second kappa shape index (κ2) is 5.16. The molecule has 3 rings (SSSR count). The predicted molar refractivity (Wildman–Crippen MR) is 82.5 cm³/mol. The first kappa shape index (κ1) is 13.5. The second-order valence-corrected chi connectivity index (χ2v) is 5.30. The Bertz CT molecular complexity index is 841.